The average Bonchev–Trinajstić information content (AvgIpc) is 3.33. The smallest absolute Gasteiger partial charge is 0.304 e. The number of carbonyl (C=O) groups is 2. The zero-order valence-corrected chi connectivity index (χ0v) is 24.4. The Balaban J connectivity index is 1.32. The molecule has 0 aliphatic carbocycles. The van der Waals surface area contributed by atoms with Gasteiger partial charge in [-0.05, 0) is 50.4 Å². The van der Waals surface area contributed by atoms with Gasteiger partial charge in [0.25, 0.3) is 0 Å². The highest BCUT2D eigenvalue weighted by Gasteiger charge is 2.34. The van der Waals surface area contributed by atoms with Crippen LogP contribution in [0.15, 0.2) is 24.4 Å². The van der Waals surface area contributed by atoms with E-state index in [0.29, 0.717) is 48.4 Å². The quantitative estimate of drug-likeness (QED) is 0.416. The molecule has 2 aromatic heterocycles. The molecule has 214 valence electrons. The Morgan fingerprint density at radius 1 is 1.12 bits per heavy atom. The van der Waals surface area contributed by atoms with E-state index in [1.54, 1.807) is 12.3 Å². The molecular weight excluding hydrogens is 553 g/mol. The SMILES string of the molecule is CCc1nn(C(C)c2ccc(Cl)cc2Cl)c2nc(N3CCN(C(=O)C4CCCCN4CCC(=O)O)CC3)cnc12. The number of anilines is 1. The van der Waals surface area contributed by atoms with Crippen LogP contribution < -0.4 is 4.90 Å². The van der Waals surface area contributed by atoms with E-state index in [2.05, 4.69) is 4.90 Å². The number of halogens is 2. The average molecular weight is 589 g/mol. The van der Waals surface area contributed by atoms with Gasteiger partial charge in [0.05, 0.1) is 30.4 Å². The van der Waals surface area contributed by atoms with Gasteiger partial charge in [0.1, 0.15) is 11.3 Å². The zero-order valence-electron chi connectivity index (χ0n) is 22.9. The van der Waals surface area contributed by atoms with Crippen LogP contribution in [0.1, 0.15) is 56.8 Å². The van der Waals surface area contributed by atoms with Gasteiger partial charge in [-0.2, -0.15) is 5.10 Å². The molecule has 0 bridgehead atoms. The lowest BCUT2D eigenvalue weighted by atomic mass is 10.00. The van der Waals surface area contributed by atoms with Crippen LogP contribution in [0.5, 0.6) is 0 Å². The minimum atomic E-state index is -0.832. The van der Waals surface area contributed by atoms with E-state index in [0.717, 1.165) is 54.8 Å². The number of fused-ring (bicyclic) bond motifs is 1. The van der Waals surface area contributed by atoms with Crippen molar-refractivity contribution < 1.29 is 14.7 Å². The minimum Gasteiger partial charge on any atom is -0.481 e. The van der Waals surface area contributed by atoms with Crippen LogP contribution in [0, 0.1) is 0 Å². The number of piperidine rings is 1. The number of likely N-dealkylation sites (tertiary alicyclic amines) is 1. The van der Waals surface area contributed by atoms with E-state index in [1.165, 1.54) is 0 Å². The first-order valence-corrected chi connectivity index (χ1v) is 14.7. The van der Waals surface area contributed by atoms with Gasteiger partial charge in [-0.25, -0.2) is 14.6 Å². The molecule has 40 heavy (non-hydrogen) atoms. The molecule has 2 saturated heterocycles. The van der Waals surface area contributed by atoms with Gasteiger partial charge in [0.2, 0.25) is 5.91 Å². The van der Waals surface area contributed by atoms with E-state index in [-0.39, 0.29) is 24.4 Å². The summed E-state index contributed by atoms with van der Waals surface area (Å²) >= 11 is 12.6. The van der Waals surface area contributed by atoms with Crippen LogP contribution in [-0.2, 0) is 16.0 Å². The normalized spacial score (nSPS) is 19.2. The Morgan fingerprint density at radius 2 is 1.90 bits per heavy atom. The number of aryl methyl sites for hydroxylation is 1. The van der Waals surface area contributed by atoms with E-state index < -0.39 is 5.97 Å². The standard InChI is InChI=1S/C28H35Cl2N7O3/c1-3-22-26-27(37(33-22)18(2)20-8-7-19(29)16-21(20)30)32-24(17-31-26)35-12-14-36(15-13-35)28(40)23-6-4-5-10-34(23)11-9-25(38)39/h7-8,16-18,23H,3-6,9-15H2,1-2H3,(H,38,39). The molecule has 1 aromatic carbocycles. The van der Waals surface area contributed by atoms with Crippen molar-refractivity contribution in [1.29, 1.82) is 0 Å². The third-order valence-electron chi connectivity index (χ3n) is 8.00. The second-order valence-electron chi connectivity index (χ2n) is 10.5. The van der Waals surface area contributed by atoms with Gasteiger partial charge >= 0.3 is 5.97 Å². The topological polar surface area (TPSA) is 108 Å². The number of piperazine rings is 1. The van der Waals surface area contributed by atoms with Crippen LogP contribution in [-0.4, -0.2) is 91.8 Å². The lowest BCUT2D eigenvalue weighted by Gasteiger charge is -2.41. The third-order valence-corrected chi connectivity index (χ3v) is 8.56. The van der Waals surface area contributed by atoms with Gasteiger partial charge in [0, 0.05) is 42.8 Å². The molecule has 0 radical (unpaired) electrons. The Morgan fingerprint density at radius 3 is 2.60 bits per heavy atom. The van der Waals surface area contributed by atoms with Crippen molar-refractivity contribution in [3.05, 3.63) is 45.7 Å². The predicted octanol–water partition coefficient (Wildman–Crippen LogP) is 4.28. The maximum absolute atomic E-state index is 13.4. The minimum absolute atomic E-state index is 0.0534. The highest BCUT2D eigenvalue weighted by molar-refractivity contribution is 6.35. The molecule has 5 rings (SSSR count). The van der Waals surface area contributed by atoms with Crippen molar-refractivity contribution in [3.63, 3.8) is 0 Å². The van der Waals surface area contributed by atoms with Crippen LogP contribution in [0.2, 0.25) is 10.0 Å². The van der Waals surface area contributed by atoms with Crippen molar-refractivity contribution in [2.24, 2.45) is 0 Å². The Labute approximate surface area is 243 Å². The largest absolute Gasteiger partial charge is 0.481 e. The van der Waals surface area contributed by atoms with E-state index in [9.17, 15) is 9.59 Å². The highest BCUT2D eigenvalue weighted by Crippen LogP contribution is 2.31. The maximum Gasteiger partial charge on any atom is 0.304 e. The number of nitrogens with zero attached hydrogens (tertiary/aromatic N) is 7. The second kappa shape index (κ2) is 12.3. The first kappa shape index (κ1) is 28.6. The van der Waals surface area contributed by atoms with Crippen LogP contribution in [0.25, 0.3) is 11.2 Å². The van der Waals surface area contributed by atoms with Crippen molar-refractivity contribution in [3.8, 4) is 0 Å². The fourth-order valence-electron chi connectivity index (χ4n) is 5.74. The Hall–Kier alpha value is -2.95. The summed E-state index contributed by atoms with van der Waals surface area (Å²) in [5.74, 6) is 0.0192. The maximum atomic E-state index is 13.4. The molecular formula is C28H35Cl2N7O3. The van der Waals surface area contributed by atoms with Crippen molar-refractivity contribution in [2.45, 2.75) is 58.0 Å². The van der Waals surface area contributed by atoms with Crippen molar-refractivity contribution in [2.75, 3.05) is 44.2 Å². The fourth-order valence-corrected chi connectivity index (χ4v) is 6.30. The molecule has 2 fully saturated rings. The number of carboxylic acid groups (broad SMARTS) is 1. The molecule has 0 spiro atoms. The van der Waals surface area contributed by atoms with Gasteiger partial charge in [-0.1, -0.05) is 42.6 Å². The summed E-state index contributed by atoms with van der Waals surface area (Å²) in [6, 6.07) is 5.06. The van der Waals surface area contributed by atoms with E-state index >= 15 is 0 Å². The first-order chi connectivity index (χ1) is 19.3. The third kappa shape index (κ3) is 5.89. The van der Waals surface area contributed by atoms with Gasteiger partial charge < -0.3 is 14.9 Å². The summed E-state index contributed by atoms with van der Waals surface area (Å²) in [6.07, 6.45) is 5.34. The summed E-state index contributed by atoms with van der Waals surface area (Å²) in [6.45, 7) is 7.71. The summed E-state index contributed by atoms with van der Waals surface area (Å²) < 4.78 is 1.88. The monoisotopic (exact) mass is 587 g/mol. The Kier molecular flexibility index (Phi) is 8.77. The summed E-state index contributed by atoms with van der Waals surface area (Å²) in [5.41, 5.74) is 3.25. The lowest BCUT2D eigenvalue weighted by Crippen LogP contribution is -2.56. The lowest BCUT2D eigenvalue weighted by molar-refractivity contribution is -0.141. The molecule has 1 amide bonds. The summed E-state index contributed by atoms with van der Waals surface area (Å²) in [7, 11) is 0. The predicted molar refractivity (Wildman–Crippen MR) is 155 cm³/mol. The number of carbonyl (C=O) groups excluding carboxylic acids is 1. The van der Waals surface area contributed by atoms with E-state index in [4.69, 9.17) is 43.4 Å². The number of amides is 1. The molecule has 2 aliphatic rings. The van der Waals surface area contributed by atoms with Gasteiger partial charge in [-0.15, -0.1) is 0 Å². The summed E-state index contributed by atoms with van der Waals surface area (Å²) in [5, 5.41) is 15.1. The number of carboxylic acids is 1. The van der Waals surface area contributed by atoms with Crippen molar-refractivity contribution >= 4 is 52.1 Å². The van der Waals surface area contributed by atoms with Crippen LogP contribution in [0.3, 0.4) is 0 Å². The molecule has 3 aromatic rings. The van der Waals surface area contributed by atoms with Crippen LogP contribution >= 0.6 is 23.2 Å². The number of aliphatic carboxylic acids is 1. The molecule has 2 aliphatic heterocycles. The molecule has 4 heterocycles. The fraction of sp³-hybridized carbons (Fsp3) is 0.536. The molecule has 1 N–H and O–H groups in total. The molecule has 12 heteroatoms. The Bertz CT molecular complexity index is 1390. The van der Waals surface area contributed by atoms with Crippen LogP contribution in [0.4, 0.5) is 5.82 Å². The number of hydrogen-bond donors (Lipinski definition) is 1. The molecule has 0 saturated carbocycles. The second-order valence-corrected chi connectivity index (χ2v) is 11.3. The van der Waals surface area contributed by atoms with E-state index in [1.807, 2.05) is 40.5 Å². The zero-order chi connectivity index (χ0) is 28.4. The highest BCUT2D eigenvalue weighted by atomic mass is 35.5. The summed E-state index contributed by atoms with van der Waals surface area (Å²) in [4.78, 5) is 40.4. The number of hydrogen-bond acceptors (Lipinski definition) is 7. The first-order valence-electron chi connectivity index (χ1n) is 14.0. The van der Waals surface area contributed by atoms with Gasteiger partial charge in [0.15, 0.2) is 5.65 Å². The van der Waals surface area contributed by atoms with Crippen molar-refractivity contribution in [1.82, 2.24) is 29.5 Å². The number of rotatable bonds is 8. The number of benzene rings is 1. The molecule has 2 unspecified atom stereocenters. The number of aromatic nitrogens is 4. The molecule has 2 atom stereocenters. The molecule has 10 nitrogen and oxygen atoms in total. The van der Waals surface area contributed by atoms with Gasteiger partial charge in [-0.3, -0.25) is 14.5 Å².